The van der Waals surface area contributed by atoms with Gasteiger partial charge in [-0.2, -0.15) is 0 Å². The van der Waals surface area contributed by atoms with Gasteiger partial charge >= 0.3 is 0 Å². The molecule has 90 valence electrons. The molecule has 0 aliphatic carbocycles. The Bertz CT molecular complexity index is 344. The lowest BCUT2D eigenvalue weighted by Crippen LogP contribution is -2.20. The molecule has 0 bridgehead atoms. The van der Waals surface area contributed by atoms with E-state index in [1.807, 2.05) is 18.2 Å². The number of rotatable bonds is 4. The highest BCUT2D eigenvalue weighted by Gasteiger charge is 2.09. The predicted octanol–water partition coefficient (Wildman–Crippen LogP) is 4.63. The van der Waals surface area contributed by atoms with Gasteiger partial charge in [0.2, 0.25) is 0 Å². The first-order chi connectivity index (χ1) is 7.38. The minimum absolute atomic E-state index is 0.387. The summed E-state index contributed by atoms with van der Waals surface area (Å²) in [7, 11) is 0. The third kappa shape index (κ3) is 5.33. The Labute approximate surface area is 112 Å². The van der Waals surface area contributed by atoms with E-state index < -0.39 is 0 Å². The zero-order valence-corrected chi connectivity index (χ0v) is 12.5. The molecule has 1 nitrogen and oxygen atoms in total. The molecule has 3 heteroatoms. The summed E-state index contributed by atoms with van der Waals surface area (Å²) < 4.78 is 1.11. The summed E-state index contributed by atoms with van der Waals surface area (Å²) in [6.07, 6.45) is 1.17. The fourth-order valence-corrected chi connectivity index (χ4v) is 1.95. The molecule has 0 spiro atoms. The van der Waals surface area contributed by atoms with Crippen LogP contribution in [0.1, 0.15) is 32.8 Å². The molecule has 0 aliphatic heterocycles. The Morgan fingerprint density at radius 2 is 2.00 bits per heavy atom. The molecule has 0 aliphatic rings. The van der Waals surface area contributed by atoms with Crippen molar-refractivity contribution in [1.82, 2.24) is 5.32 Å². The van der Waals surface area contributed by atoms with Gasteiger partial charge in [0.25, 0.3) is 0 Å². The maximum atomic E-state index is 5.95. The van der Waals surface area contributed by atoms with Crippen LogP contribution in [0.3, 0.4) is 0 Å². The van der Waals surface area contributed by atoms with Gasteiger partial charge < -0.3 is 5.32 Å². The van der Waals surface area contributed by atoms with Crippen molar-refractivity contribution in [1.29, 1.82) is 0 Å². The number of nitrogens with one attached hydrogen (secondary N) is 1. The summed E-state index contributed by atoms with van der Waals surface area (Å²) in [6, 6.07) is 5.88. The van der Waals surface area contributed by atoms with E-state index in [9.17, 15) is 0 Å². The molecule has 0 atom stereocenters. The highest BCUT2D eigenvalue weighted by Crippen LogP contribution is 2.21. The molecule has 0 fully saturated rings. The van der Waals surface area contributed by atoms with E-state index in [0.29, 0.717) is 5.41 Å². The Morgan fingerprint density at radius 3 is 2.62 bits per heavy atom. The average Bonchev–Trinajstić information content (AvgIpc) is 2.16. The van der Waals surface area contributed by atoms with Crippen LogP contribution in [0.2, 0.25) is 5.02 Å². The molecule has 0 heterocycles. The van der Waals surface area contributed by atoms with Crippen molar-refractivity contribution >= 4 is 27.5 Å². The van der Waals surface area contributed by atoms with Crippen molar-refractivity contribution in [2.45, 2.75) is 33.7 Å². The van der Waals surface area contributed by atoms with Crippen LogP contribution in [0.25, 0.3) is 0 Å². The zero-order chi connectivity index (χ0) is 12.2. The lowest BCUT2D eigenvalue weighted by atomic mass is 9.92. The number of hydrogen-bond acceptors (Lipinski definition) is 1. The standard InChI is InChI=1S/C13H19BrClN/c1-13(2,3)6-7-16-9-10-8-11(15)4-5-12(10)14/h4-5,8,16H,6-7,9H2,1-3H3. The van der Waals surface area contributed by atoms with Crippen molar-refractivity contribution in [2.24, 2.45) is 5.41 Å². The molecular weight excluding hydrogens is 286 g/mol. The lowest BCUT2D eigenvalue weighted by molar-refractivity contribution is 0.366. The molecule has 16 heavy (non-hydrogen) atoms. The fraction of sp³-hybridized carbons (Fsp3) is 0.538. The van der Waals surface area contributed by atoms with Gasteiger partial charge in [-0.15, -0.1) is 0 Å². The quantitative estimate of drug-likeness (QED) is 0.800. The Balaban J connectivity index is 2.40. The fourth-order valence-electron chi connectivity index (χ4n) is 1.37. The second kappa shape index (κ2) is 6.04. The Kier molecular flexibility index (Phi) is 5.29. The SMILES string of the molecule is CC(C)(C)CCNCc1cc(Cl)ccc1Br. The Hall–Kier alpha value is -0.0500. The summed E-state index contributed by atoms with van der Waals surface area (Å²) in [6.45, 7) is 8.65. The van der Waals surface area contributed by atoms with Crippen LogP contribution in [0, 0.1) is 5.41 Å². The molecule has 1 aromatic carbocycles. The summed E-state index contributed by atoms with van der Waals surface area (Å²) in [5, 5.41) is 4.23. The lowest BCUT2D eigenvalue weighted by Gasteiger charge is -2.18. The zero-order valence-electron chi connectivity index (χ0n) is 10.1. The molecule has 0 saturated carbocycles. The third-order valence-corrected chi connectivity index (χ3v) is 3.38. The van der Waals surface area contributed by atoms with Crippen LogP contribution in [0.15, 0.2) is 22.7 Å². The van der Waals surface area contributed by atoms with Crippen molar-refractivity contribution < 1.29 is 0 Å². The Morgan fingerprint density at radius 1 is 1.31 bits per heavy atom. The van der Waals surface area contributed by atoms with Crippen LogP contribution >= 0.6 is 27.5 Å². The van der Waals surface area contributed by atoms with Gasteiger partial charge in [0.05, 0.1) is 0 Å². The molecule has 0 saturated heterocycles. The van der Waals surface area contributed by atoms with Gasteiger partial charge in [0, 0.05) is 16.0 Å². The maximum absolute atomic E-state index is 5.95. The van der Waals surface area contributed by atoms with Crippen LogP contribution in [-0.2, 0) is 6.54 Å². The topological polar surface area (TPSA) is 12.0 Å². The van der Waals surface area contributed by atoms with Gasteiger partial charge in [0.1, 0.15) is 0 Å². The van der Waals surface area contributed by atoms with Gasteiger partial charge in [-0.1, -0.05) is 48.3 Å². The molecule has 1 rings (SSSR count). The van der Waals surface area contributed by atoms with Crippen LogP contribution in [0.4, 0.5) is 0 Å². The third-order valence-electron chi connectivity index (χ3n) is 2.37. The van der Waals surface area contributed by atoms with E-state index in [1.165, 1.54) is 12.0 Å². The molecule has 0 aromatic heterocycles. The van der Waals surface area contributed by atoms with E-state index in [-0.39, 0.29) is 0 Å². The normalized spacial score (nSPS) is 11.8. The maximum Gasteiger partial charge on any atom is 0.0410 e. The highest BCUT2D eigenvalue weighted by atomic mass is 79.9. The molecule has 0 unspecified atom stereocenters. The summed E-state index contributed by atoms with van der Waals surface area (Å²) in [4.78, 5) is 0. The van der Waals surface area contributed by atoms with E-state index in [0.717, 1.165) is 22.6 Å². The van der Waals surface area contributed by atoms with Gasteiger partial charge in [-0.3, -0.25) is 0 Å². The second-order valence-corrected chi connectivity index (χ2v) is 6.51. The van der Waals surface area contributed by atoms with E-state index >= 15 is 0 Å². The van der Waals surface area contributed by atoms with Crippen molar-refractivity contribution in [3.05, 3.63) is 33.3 Å². The first-order valence-electron chi connectivity index (χ1n) is 5.53. The smallest absolute Gasteiger partial charge is 0.0410 e. The number of hydrogen-bond donors (Lipinski definition) is 1. The molecule has 0 radical (unpaired) electrons. The summed E-state index contributed by atoms with van der Waals surface area (Å²) in [5.74, 6) is 0. The minimum atomic E-state index is 0.387. The second-order valence-electron chi connectivity index (χ2n) is 5.22. The average molecular weight is 305 g/mol. The van der Waals surface area contributed by atoms with Crippen LogP contribution in [-0.4, -0.2) is 6.54 Å². The van der Waals surface area contributed by atoms with E-state index in [4.69, 9.17) is 11.6 Å². The van der Waals surface area contributed by atoms with E-state index in [1.54, 1.807) is 0 Å². The predicted molar refractivity (Wildman–Crippen MR) is 74.9 cm³/mol. The van der Waals surface area contributed by atoms with Crippen LogP contribution < -0.4 is 5.32 Å². The summed E-state index contributed by atoms with van der Waals surface area (Å²) >= 11 is 9.48. The van der Waals surface area contributed by atoms with E-state index in [2.05, 4.69) is 42.0 Å². The summed E-state index contributed by atoms with van der Waals surface area (Å²) in [5.41, 5.74) is 1.60. The first-order valence-corrected chi connectivity index (χ1v) is 6.70. The van der Waals surface area contributed by atoms with Crippen molar-refractivity contribution in [3.8, 4) is 0 Å². The number of benzene rings is 1. The van der Waals surface area contributed by atoms with Crippen molar-refractivity contribution in [2.75, 3.05) is 6.54 Å². The van der Waals surface area contributed by atoms with Gasteiger partial charge in [-0.05, 0) is 42.1 Å². The van der Waals surface area contributed by atoms with Crippen molar-refractivity contribution in [3.63, 3.8) is 0 Å². The molecular formula is C13H19BrClN. The first kappa shape index (κ1) is 14.0. The monoisotopic (exact) mass is 303 g/mol. The van der Waals surface area contributed by atoms with Gasteiger partial charge in [-0.25, -0.2) is 0 Å². The molecule has 1 aromatic rings. The molecule has 0 amide bonds. The minimum Gasteiger partial charge on any atom is -0.313 e. The number of halogens is 2. The van der Waals surface area contributed by atoms with Gasteiger partial charge in [0.15, 0.2) is 0 Å². The highest BCUT2D eigenvalue weighted by molar-refractivity contribution is 9.10. The largest absolute Gasteiger partial charge is 0.313 e. The van der Waals surface area contributed by atoms with Crippen LogP contribution in [0.5, 0.6) is 0 Å². The molecule has 1 N–H and O–H groups in total.